The molecular weight excluding hydrogens is 303 g/mol. The SMILES string of the molecule is COCC1(C(=O)Nc2cc(C(=O)OC)ccc2F)CCNCC1. The Morgan fingerprint density at radius 1 is 1.30 bits per heavy atom. The lowest BCUT2D eigenvalue weighted by atomic mass is 9.78. The number of methoxy groups -OCH3 is 2. The molecule has 0 saturated carbocycles. The van der Waals surface area contributed by atoms with Crippen LogP contribution in [0.1, 0.15) is 23.2 Å². The minimum absolute atomic E-state index is 0.0353. The van der Waals surface area contributed by atoms with Crippen LogP contribution in [0.2, 0.25) is 0 Å². The fraction of sp³-hybridized carbons (Fsp3) is 0.500. The first-order valence-corrected chi connectivity index (χ1v) is 7.41. The smallest absolute Gasteiger partial charge is 0.337 e. The van der Waals surface area contributed by atoms with Crippen molar-refractivity contribution in [3.8, 4) is 0 Å². The molecule has 1 saturated heterocycles. The first-order valence-electron chi connectivity index (χ1n) is 7.41. The Labute approximate surface area is 134 Å². The minimum Gasteiger partial charge on any atom is -0.465 e. The molecule has 1 aromatic carbocycles. The number of hydrogen-bond donors (Lipinski definition) is 2. The van der Waals surface area contributed by atoms with Gasteiger partial charge in [-0.25, -0.2) is 9.18 Å². The zero-order valence-corrected chi connectivity index (χ0v) is 13.3. The highest BCUT2D eigenvalue weighted by molar-refractivity contribution is 5.97. The second-order valence-electron chi connectivity index (χ2n) is 5.60. The van der Waals surface area contributed by atoms with E-state index in [0.29, 0.717) is 25.9 Å². The fourth-order valence-electron chi connectivity index (χ4n) is 2.74. The van der Waals surface area contributed by atoms with E-state index in [0.717, 1.165) is 6.07 Å². The average molecular weight is 324 g/mol. The van der Waals surface area contributed by atoms with Gasteiger partial charge in [0.25, 0.3) is 0 Å². The Morgan fingerprint density at radius 2 is 2.00 bits per heavy atom. The van der Waals surface area contributed by atoms with Gasteiger partial charge in [0.2, 0.25) is 5.91 Å². The summed E-state index contributed by atoms with van der Waals surface area (Å²) in [5.41, 5.74) is -0.560. The van der Waals surface area contributed by atoms with Crippen LogP contribution < -0.4 is 10.6 Å². The molecule has 1 heterocycles. The monoisotopic (exact) mass is 324 g/mol. The molecule has 1 aliphatic rings. The third-order valence-electron chi connectivity index (χ3n) is 4.10. The molecule has 0 spiro atoms. The lowest BCUT2D eigenvalue weighted by Crippen LogP contribution is -2.47. The first kappa shape index (κ1) is 17.4. The maximum absolute atomic E-state index is 14.0. The van der Waals surface area contributed by atoms with Gasteiger partial charge in [0.15, 0.2) is 0 Å². The molecule has 0 unspecified atom stereocenters. The molecule has 0 aromatic heterocycles. The number of amides is 1. The Balaban J connectivity index is 2.22. The summed E-state index contributed by atoms with van der Waals surface area (Å²) in [7, 11) is 2.78. The molecule has 2 rings (SSSR count). The van der Waals surface area contributed by atoms with Crippen LogP contribution in [-0.4, -0.2) is 45.8 Å². The number of esters is 1. The molecule has 0 radical (unpaired) electrons. The number of rotatable bonds is 5. The second kappa shape index (κ2) is 7.52. The van der Waals surface area contributed by atoms with Crippen LogP contribution in [0.4, 0.5) is 10.1 Å². The molecule has 2 N–H and O–H groups in total. The van der Waals surface area contributed by atoms with Crippen molar-refractivity contribution in [1.29, 1.82) is 0 Å². The van der Waals surface area contributed by atoms with Crippen LogP contribution in [0.5, 0.6) is 0 Å². The van der Waals surface area contributed by atoms with Gasteiger partial charge in [0.1, 0.15) is 5.82 Å². The van der Waals surface area contributed by atoms with Crippen molar-refractivity contribution in [3.63, 3.8) is 0 Å². The van der Waals surface area contributed by atoms with E-state index in [9.17, 15) is 14.0 Å². The summed E-state index contributed by atoms with van der Waals surface area (Å²) in [4.78, 5) is 24.2. The Kier molecular flexibility index (Phi) is 5.68. The molecule has 126 valence electrons. The maximum Gasteiger partial charge on any atom is 0.337 e. The maximum atomic E-state index is 14.0. The van der Waals surface area contributed by atoms with E-state index < -0.39 is 17.2 Å². The van der Waals surface area contributed by atoms with Crippen molar-refractivity contribution in [2.75, 3.05) is 39.2 Å². The normalized spacial score (nSPS) is 16.7. The van der Waals surface area contributed by atoms with Gasteiger partial charge in [-0.3, -0.25) is 4.79 Å². The summed E-state index contributed by atoms with van der Waals surface area (Å²) < 4.78 is 23.8. The third kappa shape index (κ3) is 3.86. The number of carbonyl (C=O) groups excluding carboxylic acids is 2. The number of hydrogen-bond acceptors (Lipinski definition) is 5. The van der Waals surface area contributed by atoms with Gasteiger partial charge in [0, 0.05) is 7.11 Å². The summed E-state index contributed by atoms with van der Waals surface area (Å²) >= 11 is 0. The largest absolute Gasteiger partial charge is 0.465 e. The Morgan fingerprint density at radius 3 is 2.61 bits per heavy atom. The third-order valence-corrected chi connectivity index (χ3v) is 4.10. The molecule has 1 fully saturated rings. The van der Waals surface area contributed by atoms with Crippen molar-refractivity contribution in [2.45, 2.75) is 12.8 Å². The number of ether oxygens (including phenoxy) is 2. The van der Waals surface area contributed by atoms with Crippen LogP contribution in [0.15, 0.2) is 18.2 Å². The van der Waals surface area contributed by atoms with Gasteiger partial charge >= 0.3 is 5.97 Å². The summed E-state index contributed by atoms with van der Waals surface area (Å²) in [6.45, 7) is 1.65. The number of piperidine rings is 1. The van der Waals surface area contributed by atoms with Crippen LogP contribution in [0.3, 0.4) is 0 Å². The topological polar surface area (TPSA) is 76.7 Å². The van der Waals surface area contributed by atoms with Crippen molar-refractivity contribution in [3.05, 3.63) is 29.6 Å². The van der Waals surface area contributed by atoms with Gasteiger partial charge in [-0.2, -0.15) is 0 Å². The minimum atomic E-state index is -0.701. The molecule has 1 aromatic rings. The molecule has 0 atom stereocenters. The molecule has 23 heavy (non-hydrogen) atoms. The van der Waals surface area contributed by atoms with Gasteiger partial charge in [0.05, 0.1) is 30.4 Å². The molecule has 1 aliphatic heterocycles. The zero-order valence-electron chi connectivity index (χ0n) is 13.3. The molecule has 0 bridgehead atoms. The van der Waals surface area contributed by atoms with Gasteiger partial charge in [-0.1, -0.05) is 0 Å². The van der Waals surface area contributed by atoms with E-state index in [1.807, 2.05) is 0 Å². The number of halogens is 1. The predicted octanol–water partition coefficient (Wildman–Crippen LogP) is 1.57. The van der Waals surface area contributed by atoms with Gasteiger partial charge in [-0.15, -0.1) is 0 Å². The van der Waals surface area contributed by atoms with Crippen LogP contribution >= 0.6 is 0 Å². The quantitative estimate of drug-likeness (QED) is 0.804. The van der Waals surface area contributed by atoms with E-state index in [-0.39, 0.29) is 23.8 Å². The van der Waals surface area contributed by atoms with E-state index in [2.05, 4.69) is 15.4 Å². The first-order chi connectivity index (χ1) is 11.0. The van der Waals surface area contributed by atoms with Crippen molar-refractivity contribution in [1.82, 2.24) is 5.32 Å². The molecule has 0 aliphatic carbocycles. The molecular formula is C16H21FN2O4. The second-order valence-corrected chi connectivity index (χ2v) is 5.60. The van der Waals surface area contributed by atoms with Crippen LogP contribution in [0.25, 0.3) is 0 Å². The highest BCUT2D eigenvalue weighted by Crippen LogP contribution is 2.31. The number of carbonyl (C=O) groups is 2. The Bertz CT molecular complexity index is 580. The summed E-state index contributed by atoms with van der Waals surface area (Å²) in [6, 6.07) is 3.72. The van der Waals surface area contributed by atoms with Gasteiger partial charge in [-0.05, 0) is 44.1 Å². The number of benzene rings is 1. The van der Waals surface area contributed by atoms with Crippen LogP contribution in [-0.2, 0) is 14.3 Å². The highest BCUT2D eigenvalue weighted by atomic mass is 19.1. The fourth-order valence-corrected chi connectivity index (χ4v) is 2.74. The molecule has 6 nitrogen and oxygen atoms in total. The van der Waals surface area contributed by atoms with Crippen LogP contribution in [0, 0.1) is 11.2 Å². The van der Waals surface area contributed by atoms with E-state index in [1.54, 1.807) is 0 Å². The van der Waals surface area contributed by atoms with Crippen molar-refractivity contribution < 1.29 is 23.5 Å². The summed E-state index contributed by atoms with van der Waals surface area (Å²) in [6.07, 6.45) is 1.20. The summed E-state index contributed by atoms with van der Waals surface area (Å²) in [5.74, 6) is -1.50. The zero-order chi connectivity index (χ0) is 16.9. The lowest BCUT2D eigenvalue weighted by molar-refractivity contribution is -0.130. The number of nitrogens with one attached hydrogen (secondary N) is 2. The van der Waals surface area contributed by atoms with E-state index in [1.165, 1.54) is 26.4 Å². The Hall–Kier alpha value is -1.99. The predicted molar refractivity (Wildman–Crippen MR) is 82.8 cm³/mol. The lowest BCUT2D eigenvalue weighted by Gasteiger charge is -2.35. The summed E-state index contributed by atoms with van der Waals surface area (Å²) in [5, 5.41) is 5.78. The van der Waals surface area contributed by atoms with Gasteiger partial charge < -0.3 is 20.1 Å². The molecule has 1 amide bonds. The molecule has 7 heteroatoms. The highest BCUT2D eigenvalue weighted by Gasteiger charge is 2.40. The number of anilines is 1. The van der Waals surface area contributed by atoms with E-state index in [4.69, 9.17) is 4.74 Å². The van der Waals surface area contributed by atoms with Crippen molar-refractivity contribution in [2.24, 2.45) is 5.41 Å². The average Bonchev–Trinajstić information content (AvgIpc) is 2.57. The van der Waals surface area contributed by atoms with E-state index >= 15 is 0 Å². The standard InChI is InChI=1S/C16H21FN2O4/c1-22-10-16(5-7-18-8-6-16)15(21)19-13-9-11(14(20)23-2)3-4-12(13)17/h3-4,9,18H,5-8,10H2,1-2H3,(H,19,21). The van der Waals surface area contributed by atoms with Crippen molar-refractivity contribution >= 4 is 17.6 Å².